The van der Waals surface area contributed by atoms with Gasteiger partial charge in [-0.05, 0) is 38.3 Å². The van der Waals surface area contributed by atoms with Gasteiger partial charge in [0, 0.05) is 30.7 Å². The van der Waals surface area contributed by atoms with E-state index in [-0.39, 0.29) is 0 Å². The van der Waals surface area contributed by atoms with Crippen molar-refractivity contribution in [3.05, 3.63) is 23.8 Å². The zero-order valence-electron chi connectivity index (χ0n) is 12.8. The number of rotatable bonds is 6. The molecule has 1 saturated carbocycles. The number of ether oxygens (including phenoxy) is 1. The first kappa shape index (κ1) is 14.7. The van der Waals surface area contributed by atoms with Crippen molar-refractivity contribution in [2.24, 2.45) is 0 Å². The van der Waals surface area contributed by atoms with Crippen molar-refractivity contribution in [1.82, 2.24) is 10.2 Å². The van der Waals surface area contributed by atoms with Crippen molar-refractivity contribution in [2.45, 2.75) is 50.7 Å². The van der Waals surface area contributed by atoms with Gasteiger partial charge in [0.2, 0.25) is 0 Å². The van der Waals surface area contributed by atoms with Crippen molar-refractivity contribution >= 4 is 0 Å². The molecule has 2 fully saturated rings. The smallest absolute Gasteiger partial charge is 0.162 e. The van der Waals surface area contributed by atoms with Crippen molar-refractivity contribution in [1.29, 1.82) is 0 Å². The first-order chi connectivity index (χ1) is 10.3. The molecule has 2 N–H and O–H groups in total. The van der Waals surface area contributed by atoms with Crippen LogP contribution in [-0.4, -0.2) is 42.3 Å². The van der Waals surface area contributed by atoms with Gasteiger partial charge in [0.05, 0.1) is 7.11 Å². The Morgan fingerprint density at radius 3 is 2.81 bits per heavy atom. The van der Waals surface area contributed by atoms with Crippen LogP contribution in [0, 0.1) is 0 Å². The molecule has 4 nitrogen and oxygen atoms in total. The van der Waals surface area contributed by atoms with Crippen LogP contribution in [0.5, 0.6) is 11.5 Å². The van der Waals surface area contributed by atoms with E-state index in [1.54, 1.807) is 7.11 Å². The van der Waals surface area contributed by atoms with Crippen LogP contribution >= 0.6 is 0 Å². The van der Waals surface area contributed by atoms with Crippen LogP contribution in [0.1, 0.15) is 37.7 Å². The lowest BCUT2D eigenvalue weighted by Gasteiger charge is -2.31. The van der Waals surface area contributed by atoms with E-state index in [1.165, 1.54) is 32.1 Å². The van der Waals surface area contributed by atoms with Crippen LogP contribution in [0.3, 0.4) is 0 Å². The highest BCUT2D eigenvalue weighted by molar-refractivity contribution is 5.45. The molecule has 1 aromatic carbocycles. The molecule has 0 amide bonds. The number of phenols is 1. The number of hydrogen-bond donors (Lipinski definition) is 2. The molecule has 1 aliphatic carbocycles. The molecule has 2 aliphatic rings. The normalized spacial score (nSPS) is 22.5. The molecule has 1 unspecified atom stereocenters. The lowest BCUT2D eigenvalue weighted by molar-refractivity contribution is 0.206. The molecule has 1 atom stereocenters. The van der Waals surface area contributed by atoms with Gasteiger partial charge in [0.1, 0.15) is 0 Å². The second kappa shape index (κ2) is 6.67. The van der Waals surface area contributed by atoms with Gasteiger partial charge in [-0.3, -0.25) is 4.90 Å². The van der Waals surface area contributed by atoms with Gasteiger partial charge in [0.15, 0.2) is 11.5 Å². The van der Waals surface area contributed by atoms with E-state index >= 15 is 0 Å². The molecule has 1 saturated heterocycles. The van der Waals surface area contributed by atoms with Gasteiger partial charge >= 0.3 is 0 Å². The summed E-state index contributed by atoms with van der Waals surface area (Å²) in [5.74, 6) is 0.862. The Kier molecular flexibility index (Phi) is 4.66. The molecule has 21 heavy (non-hydrogen) atoms. The number of nitrogens with one attached hydrogen (secondary N) is 1. The summed E-state index contributed by atoms with van der Waals surface area (Å²) in [4.78, 5) is 2.53. The maximum atomic E-state index is 10.3. The maximum Gasteiger partial charge on any atom is 0.162 e. The highest BCUT2D eigenvalue weighted by Crippen LogP contribution is 2.34. The Morgan fingerprint density at radius 1 is 1.29 bits per heavy atom. The number of nitrogens with zero attached hydrogens (tertiary/aromatic N) is 1. The van der Waals surface area contributed by atoms with E-state index in [0.29, 0.717) is 23.6 Å². The van der Waals surface area contributed by atoms with E-state index in [0.717, 1.165) is 25.2 Å². The summed E-state index contributed by atoms with van der Waals surface area (Å²) < 4.78 is 5.21. The molecule has 3 rings (SSSR count). The lowest BCUT2D eigenvalue weighted by atomic mass is 10.0. The van der Waals surface area contributed by atoms with Gasteiger partial charge in [0.25, 0.3) is 0 Å². The quantitative estimate of drug-likeness (QED) is 0.845. The molecule has 0 spiro atoms. The average Bonchev–Trinajstić information content (AvgIpc) is 3.34. The number of aromatic hydroxyl groups is 1. The number of phenolic OH excluding ortho intramolecular Hbond substituents is 1. The van der Waals surface area contributed by atoms with Crippen molar-refractivity contribution < 1.29 is 9.84 Å². The molecule has 0 aromatic heterocycles. The van der Waals surface area contributed by atoms with E-state index < -0.39 is 0 Å². The Bertz CT molecular complexity index is 468. The summed E-state index contributed by atoms with van der Waals surface area (Å²) >= 11 is 0. The monoisotopic (exact) mass is 290 g/mol. The van der Waals surface area contributed by atoms with Crippen molar-refractivity contribution in [3.8, 4) is 11.5 Å². The zero-order chi connectivity index (χ0) is 14.7. The molecule has 4 heteroatoms. The van der Waals surface area contributed by atoms with Crippen molar-refractivity contribution in [3.63, 3.8) is 0 Å². The van der Waals surface area contributed by atoms with Gasteiger partial charge in [-0.2, -0.15) is 0 Å². The van der Waals surface area contributed by atoms with Gasteiger partial charge in [-0.1, -0.05) is 18.6 Å². The molecule has 1 aliphatic heterocycles. The van der Waals surface area contributed by atoms with Crippen LogP contribution in [0.15, 0.2) is 18.2 Å². The summed E-state index contributed by atoms with van der Waals surface area (Å²) in [6.45, 7) is 3.04. The molecule has 116 valence electrons. The third kappa shape index (κ3) is 3.69. The highest BCUT2D eigenvalue weighted by atomic mass is 16.5. The minimum atomic E-state index is 0.294. The molecule has 1 aromatic rings. The fourth-order valence-electron chi connectivity index (χ4n) is 3.22. The van der Waals surface area contributed by atoms with E-state index in [1.807, 2.05) is 18.2 Å². The first-order valence-corrected chi connectivity index (χ1v) is 8.10. The van der Waals surface area contributed by atoms with Crippen LogP contribution in [0.4, 0.5) is 0 Å². The Labute approximate surface area is 127 Å². The number of para-hydroxylation sites is 1. The van der Waals surface area contributed by atoms with E-state index in [4.69, 9.17) is 4.74 Å². The van der Waals surface area contributed by atoms with Crippen LogP contribution < -0.4 is 10.1 Å². The van der Waals surface area contributed by atoms with Crippen LogP contribution in [0.25, 0.3) is 0 Å². The van der Waals surface area contributed by atoms with E-state index in [9.17, 15) is 5.11 Å². The largest absolute Gasteiger partial charge is 0.504 e. The summed E-state index contributed by atoms with van der Waals surface area (Å²) in [5.41, 5.74) is 0.969. The summed E-state index contributed by atoms with van der Waals surface area (Å²) in [6, 6.07) is 7.06. The van der Waals surface area contributed by atoms with E-state index in [2.05, 4.69) is 10.2 Å². The Morgan fingerprint density at radius 2 is 2.14 bits per heavy atom. The Balaban J connectivity index is 1.67. The first-order valence-electron chi connectivity index (χ1n) is 8.10. The summed E-state index contributed by atoms with van der Waals surface area (Å²) in [6.07, 6.45) is 6.49. The van der Waals surface area contributed by atoms with Gasteiger partial charge in [-0.15, -0.1) is 0 Å². The second-order valence-electron chi connectivity index (χ2n) is 6.28. The topological polar surface area (TPSA) is 44.7 Å². The average molecular weight is 290 g/mol. The van der Waals surface area contributed by atoms with Crippen LogP contribution in [0.2, 0.25) is 0 Å². The number of piperidine rings is 1. The second-order valence-corrected chi connectivity index (χ2v) is 6.28. The standard InChI is InChI=1S/C17H26N2O2/c1-21-16-7-4-5-13(17(16)20)11-19(15-8-9-15)12-14-6-2-3-10-18-14/h4-5,7,14-15,18,20H,2-3,6,8-12H2,1H3. The van der Waals surface area contributed by atoms with Crippen LogP contribution in [-0.2, 0) is 6.54 Å². The third-order valence-corrected chi connectivity index (χ3v) is 4.61. The molecule has 0 radical (unpaired) electrons. The fraction of sp³-hybridized carbons (Fsp3) is 0.647. The molecule has 1 heterocycles. The summed E-state index contributed by atoms with van der Waals surface area (Å²) in [5, 5.41) is 13.9. The highest BCUT2D eigenvalue weighted by Gasteiger charge is 2.31. The van der Waals surface area contributed by atoms with Gasteiger partial charge < -0.3 is 15.2 Å². The number of benzene rings is 1. The zero-order valence-corrected chi connectivity index (χ0v) is 12.8. The van der Waals surface area contributed by atoms with Crippen molar-refractivity contribution in [2.75, 3.05) is 20.2 Å². The predicted octanol–water partition coefficient (Wildman–Crippen LogP) is 2.51. The lowest BCUT2D eigenvalue weighted by Crippen LogP contribution is -2.44. The third-order valence-electron chi connectivity index (χ3n) is 4.61. The summed E-state index contributed by atoms with van der Waals surface area (Å²) in [7, 11) is 1.60. The maximum absolute atomic E-state index is 10.3. The molecule has 0 bridgehead atoms. The van der Waals surface area contributed by atoms with Gasteiger partial charge in [-0.25, -0.2) is 0 Å². The number of methoxy groups -OCH3 is 1. The minimum absolute atomic E-state index is 0.294. The molecular weight excluding hydrogens is 264 g/mol. The molecular formula is C17H26N2O2. The Hall–Kier alpha value is -1.26. The number of hydrogen-bond acceptors (Lipinski definition) is 4. The minimum Gasteiger partial charge on any atom is -0.504 e. The fourth-order valence-corrected chi connectivity index (χ4v) is 3.22. The SMILES string of the molecule is COc1cccc(CN(CC2CCCCN2)C2CC2)c1O. The predicted molar refractivity (Wildman–Crippen MR) is 83.7 cm³/mol.